The smallest absolute Gasteiger partial charge is 0.243 e. The number of carbonyl (C=O) groups excluding carboxylic acids is 1. The Morgan fingerprint density at radius 1 is 0.950 bits per heavy atom. The molecule has 0 unspecified atom stereocenters. The largest absolute Gasteiger partial charge is 0.376 e. The van der Waals surface area contributed by atoms with E-state index in [1.165, 1.54) is 30.3 Å². The number of benzene rings is 2. The van der Waals surface area contributed by atoms with Crippen LogP contribution in [0.25, 0.3) is 0 Å². The van der Waals surface area contributed by atoms with Gasteiger partial charge in [-0.25, -0.2) is 13.2 Å². The second-order valence-corrected chi connectivity index (χ2v) is 4.01. The lowest BCUT2D eigenvalue weighted by molar-refractivity contribution is -0.114. The van der Waals surface area contributed by atoms with E-state index < -0.39 is 29.0 Å². The van der Waals surface area contributed by atoms with Gasteiger partial charge in [-0.3, -0.25) is 4.79 Å². The van der Waals surface area contributed by atoms with Crippen LogP contribution in [0.1, 0.15) is 0 Å². The zero-order valence-corrected chi connectivity index (χ0v) is 10.3. The van der Waals surface area contributed by atoms with Gasteiger partial charge in [-0.2, -0.15) is 0 Å². The number of carbonyl (C=O) groups is 1. The number of halogens is 3. The highest BCUT2D eigenvalue weighted by Crippen LogP contribution is 2.17. The molecular formula is C14H11F3N2O. The van der Waals surface area contributed by atoms with Crippen molar-refractivity contribution in [3.05, 3.63) is 59.9 Å². The summed E-state index contributed by atoms with van der Waals surface area (Å²) in [5.74, 6) is -2.70. The second-order valence-electron chi connectivity index (χ2n) is 4.01. The minimum atomic E-state index is -0.847. The van der Waals surface area contributed by atoms with Gasteiger partial charge in [0.15, 0.2) is 0 Å². The van der Waals surface area contributed by atoms with Crippen LogP contribution in [0.2, 0.25) is 0 Å². The number of para-hydroxylation sites is 1. The standard InChI is InChI=1S/C14H11F3N2O/c15-9-4-6-10(7-5-9)18-8-13(20)19-14-11(16)2-1-3-12(14)17/h1-7,18H,8H2,(H,19,20). The van der Waals surface area contributed by atoms with E-state index in [0.29, 0.717) is 5.69 Å². The van der Waals surface area contributed by atoms with Crippen LogP contribution in [-0.4, -0.2) is 12.5 Å². The number of rotatable bonds is 4. The minimum Gasteiger partial charge on any atom is -0.376 e. The molecule has 0 aliphatic rings. The number of anilines is 2. The van der Waals surface area contributed by atoms with Crippen molar-refractivity contribution in [1.29, 1.82) is 0 Å². The first-order chi connectivity index (χ1) is 9.56. The van der Waals surface area contributed by atoms with Crippen LogP contribution in [0.5, 0.6) is 0 Å². The van der Waals surface area contributed by atoms with Crippen molar-refractivity contribution >= 4 is 17.3 Å². The van der Waals surface area contributed by atoms with Gasteiger partial charge in [-0.05, 0) is 36.4 Å². The fraction of sp³-hybridized carbons (Fsp3) is 0.0714. The van der Waals surface area contributed by atoms with E-state index in [-0.39, 0.29) is 6.54 Å². The highest BCUT2D eigenvalue weighted by molar-refractivity contribution is 5.93. The lowest BCUT2D eigenvalue weighted by Gasteiger charge is -2.09. The Morgan fingerprint density at radius 3 is 2.15 bits per heavy atom. The van der Waals surface area contributed by atoms with Crippen LogP contribution in [0.4, 0.5) is 24.5 Å². The summed E-state index contributed by atoms with van der Waals surface area (Å²) in [6.45, 7) is -0.195. The van der Waals surface area contributed by atoms with E-state index in [9.17, 15) is 18.0 Å². The first-order valence-electron chi connectivity index (χ1n) is 5.79. The van der Waals surface area contributed by atoms with Gasteiger partial charge in [-0.1, -0.05) is 6.07 Å². The molecular weight excluding hydrogens is 269 g/mol. The first kappa shape index (κ1) is 13.9. The molecule has 2 aromatic carbocycles. The van der Waals surface area contributed by atoms with Gasteiger partial charge in [0.25, 0.3) is 0 Å². The SMILES string of the molecule is O=C(CNc1ccc(F)cc1)Nc1c(F)cccc1F. The lowest BCUT2D eigenvalue weighted by Crippen LogP contribution is -2.22. The van der Waals surface area contributed by atoms with E-state index in [4.69, 9.17) is 0 Å². The summed E-state index contributed by atoms with van der Waals surface area (Å²) in [4.78, 5) is 11.6. The number of hydrogen-bond acceptors (Lipinski definition) is 2. The highest BCUT2D eigenvalue weighted by Gasteiger charge is 2.11. The third-order valence-electron chi connectivity index (χ3n) is 2.52. The molecule has 20 heavy (non-hydrogen) atoms. The van der Waals surface area contributed by atoms with E-state index in [0.717, 1.165) is 12.1 Å². The number of amides is 1. The summed E-state index contributed by atoms with van der Waals surface area (Å²) < 4.78 is 39.3. The third kappa shape index (κ3) is 3.50. The van der Waals surface area contributed by atoms with Gasteiger partial charge in [-0.15, -0.1) is 0 Å². The minimum absolute atomic E-state index is 0.195. The average molecular weight is 280 g/mol. The second kappa shape index (κ2) is 6.10. The fourth-order valence-corrected chi connectivity index (χ4v) is 1.55. The monoisotopic (exact) mass is 280 g/mol. The Balaban J connectivity index is 1.94. The van der Waals surface area contributed by atoms with Crippen LogP contribution in [-0.2, 0) is 4.79 Å². The van der Waals surface area contributed by atoms with Crippen molar-refractivity contribution in [2.24, 2.45) is 0 Å². The van der Waals surface area contributed by atoms with Crippen LogP contribution in [0.15, 0.2) is 42.5 Å². The van der Waals surface area contributed by atoms with Crippen molar-refractivity contribution in [2.45, 2.75) is 0 Å². The fourth-order valence-electron chi connectivity index (χ4n) is 1.55. The predicted octanol–water partition coefficient (Wildman–Crippen LogP) is 3.15. The van der Waals surface area contributed by atoms with E-state index in [1.807, 2.05) is 0 Å². The zero-order valence-electron chi connectivity index (χ0n) is 10.3. The Bertz CT molecular complexity index is 594. The molecule has 0 radical (unpaired) electrons. The van der Waals surface area contributed by atoms with Gasteiger partial charge < -0.3 is 10.6 Å². The molecule has 0 atom stereocenters. The molecule has 1 amide bonds. The zero-order chi connectivity index (χ0) is 14.5. The summed E-state index contributed by atoms with van der Waals surface area (Å²) in [5.41, 5.74) is 0.0361. The summed E-state index contributed by atoms with van der Waals surface area (Å²) >= 11 is 0. The van der Waals surface area contributed by atoms with Crippen LogP contribution in [0.3, 0.4) is 0 Å². The Labute approximate surface area is 113 Å². The van der Waals surface area contributed by atoms with E-state index in [1.54, 1.807) is 0 Å². The highest BCUT2D eigenvalue weighted by atomic mass is 19.1. The number of hydrogen-bond donors (Lipinski definition) is 2. The van der Waals surface area contributed by atoms with Gasteiger partial charge in [0.05, 0.1) is 6.54 Å². The average Bonchev–Trinajstić information content (AvgIpc) is 2.42. The van der Waals surface area contributed by atoms with Gasteiger partial charge in [0.1, 0.15) is 23.1 Å². The Morgan fingerprint density at radius 2 is 1.55 bits per heavy atom. The quantitative estimate of drug-likeness (QED) is 0.903. The van der Waals surface area contributed by atoms with Crippen molar-refractivity contribution < 1.29 is 18.0 Å². The molecule has 0 bridgehead atoms. The normalized spacial score (nSPS) is 10.2. The maximum Gasteiger partial charge on any atom is 0.243 e. The summed E-state index contributed by atoms with van der Waals surface area (Å²) in [5, 5.41) is 4.84. The lowest BCUT2D eigenvalue weighted by atomic mass is 10.3. The molecule has 0 aromatic heterocycles. The molecule has 3 nitrogen and oxygen atoms in total. The van der Waals surface area contributed by atoms with Gasteiger partial charge in [0.2, 0.25) is 5.91 Å². The molecule has 0 spiro atoms. The molecule has 104 valence electrons. The topological polar surface area (TPSA) is 41.1 Å². The summed E-state index contributed by atoms with van der Waals surface area (Å²) in [6.07, 6.45) is 0. The van der Waals surface area contributed by atoms with Gasteiger partial charge >= 0.3 is 0 Å². The maximum absolute atomic E-state index is 13.3. The molecule has 2 N–H and O–H groups in total. The molecule has 0 aliphatic carbocycles. The Hall–Kier alpha value is -2.50. The molecule has 0 heterocycles. The van der Waals surface area contributed by atoms with Crippen molar-refractivity contribution in [2.75, 3.05) is 17.2 Å². The Kier molecular flexibility index (Phi) is 4.24. The maximum atomic E-state index is 13.3. The molecule has 6 heteroatoms. The van der Waals surface area contributed by atoms with Crippen molar-refractivity contribution in [1.82, 2.24) is 0 Å². The molecule has 2 rings (SSSR count). The van der Waals surface area contributed by atoms with Crippen molar-refractivity contribution in [3.63, 3.8) is 0 Å². The molecule has 0 saturated heterocycles. The van der Waals surface area contributed by atoms with E-state index >= 15 is 0 Å². The van der Waals surface area contributed by atoms with E-state index in [2.05, 4.69) is 10.6 Å². The predicted molar refractivity (Wildman–Crippen MR) is 69.9 cm³/mol. The first-order valence-corrected chi connectivity index (χ1v) is 5.79. The molecule has 0 fully saturated rings. The summed E-state index contributed by atoms with van der Waals surface area (Å²) in [7, 11) is 0. The van der Waals surface area contributed by atoms with Crippen LogP contribution < -0.4 is 10.6 Å². The van der Waals surface area contributed by atoms with Gasteiger partial charge in [0, 0.05) is 5.69 Å². The van der Waals surface area contributed by atoms with Crippen molar-refractivity contribution in [3.8, 4) is 0 Å². The molecule has 2 aromatic rings. The van der Waals surface area contributed by atoms with Crippen LogP contribution in [0, 0.1) is 17.5 Å². The third-order valence-corrected chi connectivity index (χ3v) is 2.52. The van der Waals surface area contributed by atoms with Crippen LogP contribution >= 0.6 is 0 Å². The molecule has 0 aliphatic heterocycles. The number of nitrogens with one attached hydrogen (secondary N) is 2. The summed E-state index contributed by atoms with van der Waals surface area (Å²) in [6, 6.07) is 8.67. The molecule has 0 saturated carbocycles.